The molecule has 1 spiro atoms. The molecule has 0 unspecified atom stereocenters. The quantitative estimate of drug-likeness (QED) is 0.119. The Labute approximate surface area is 399 Å². The third kappa shape index (κ3) is 8.41. The predicted molar refractivity (Wildman–Crippen MR) is 268 cm³/mol. The number of rotatable bonds is 11. The van der Waals surface area contributed by atoms with Crippen molar-refractivity contribution < 1.29 is 18.8 Å². The minimum atomic E-state index is -0.745. The van der Waals surface area contributed by atoms with Crippen molar-refractivity contribution in [3.05, 3.63) is 95.1 Å². The summed E-state index contributed by atoms with van der Waals surface area (Å²) < 4.78 is 17.9. The summed E-state index contributed by atoms with van der Waals surface area (Å²) in [7, 11) is 2.14. The number of halogens is 1. The van der Waals surface area contributed by atoms with Gasteiger partial charge in [0.15, 0.2) is 5.82 Å². The SMILES string of the molecule is Cc1cc(F)c(Nc2nc(-c3ccc4c(c3)N(C3CC(N5CCCCC5)C3)C(=O)C43CCN(C(=O)c4ccc(N(C)C5CCNCC5)cc4)CC3)cc3ncn(C(C)C)c23)cc1C(=O)NC(C)C. The van der Waals surface area contributed by atoms with Crippen LogP contribution in [-0.2, 0) is 10.2 Å². The lowest BCUT2D eigenvalue weighted by atomic mass is 9.73. The largest absolute Gasteiger partial charge is 0.372 e. The predicted octanol–water partition coefficient (Wildman–Crippen LogP) is 8.73. The Bertz CT molecular complexity index is 2710. The number of carbonyl (C=O) groups is 3. The molecule has 3 aromatic carbocycles. The van der Waals surface area contributed by atoms with Crippen molar-refractivity contribution in [2.75, 3.05) is 61.4 Å². The zero-order valence-corrected chi connectivity index (χ0v) is 40.6. The number of aromatic nitrogens is 3. The Morgan fingerprint density at radius 2 is 1.62 bits per heavy atom. The van der Waals surface area contributed by atoms with E-state index in [9.17, 15) is 9.59 Å². The van der Waals surface area contributed by atoms with E-state index in [1.807, 2.05) is 47.6 Å². The number of pyridine rings is 1. The molecule has 358 valence electrons. The molecule has 1 aliphatic carbocycles. The maximum atomic E-state index is 15.9. The molecule has 13 nitrogen and oxygen atoms in total. The second-order valence-corrected chi connectivity index (χ2v) is 20.7. The standard InChI is InChI=1S/C54H67FN10O3/c1-33(2)58-51(66)42-30-46(44(55)26-35(42)5)60-50-49-47(57-32-64(49)34(3)4)31-45(59-50)37-12-15-43-48(27-37)65(41-28-40(29-41)62-22-8-7-9-23-62)53(68)54(43)18-24-63(25-19-54)52(67)36-10-13-38(14-11-36)61(6)39-16-20-56-21-17-39/h10-15,26-27,30-34,39-41,56H,7-9,16-25,28-29H2,1-6H3,(H,58,66)(H,59,60). The second-order valence-electron chi connectivity index (χ2n) is 20.7. The highest BCUT2D eigenvalue weighted by Gasteiger charge is 2.56. The van der Waals surface area contributed by atoms with Crippen molar-refractivity contribution in [3.63, 3.8) is 0 Å². The number of benzene rings is 3. The highest BCUT2D eigenvalue weighted by molar-refractivity contribution is 6.10. The zero-order valence-electron chi connectivity index (χ0n) is 40.6. The van der Waals surface area contributed by atoms with Gasteiger partial charge in [0.25, 0.3) is 11.8 Å². The van der Waals surface area contributed by atoms with E-state index >= 15 is 9.18 Å². The van der Waals surface area contributed by atoms with Crippen LogP contribution < -0.4 is 25.8 Å². The van der Waals surface area contributed by atoms with E-state index in [1.54, 1.807) is 19.3 Å². The summed E-state index contributed by atoms with van der Waals surface area (Å²) in [4.78, 5) is 61.5. The number of nitrogens with zero attached hydrogens (tertiary/aromatic N) is 7. The molecular formula is C54H67FN10O3. The molecule has 68 heavy (non-hydrogen) atoms. The van der Waals surface area contributed by atoms with Crippen molar-refractivity contribution in [1.82, 2.24) is 35.0 Å². The van der Waals surface area contributed by atoms with E-state index < -0.39 is 11.2 Å². The van der Waals surface area contributed by atoms with Crippen LogP contribution in [0.15, 0.2) is 67.0 Å². The van der Waals surface area contributed by atoms with Gasteiger partial charge in [-0.15, -0.1) is 0 Å². The fourth-order valence-corrected chi connectivity index (χ4v) is 11.6. The summed E-state index contributed by atoms with van der Waals surface area (Å²) >= 11 is 0. The maximum absolute atomic E-state index is 15.9. The van der Waals surface area contributed by atoms with Gasteiger partial charge in [0.1, 0.15) is 11.3 Å². The molecule has 0 atom stereocenters. The molecule has 3 N–H and O–H groups in total. The number of aryl methyl sites for hydroxylation is 1. The van der Waals surface area contributed by atoms with Gasteiger partial charge in [-0.05, 0) is 172 Å². The average molecular weight is 923 g/mol. The van der Waals surface area contributed by atoms with Gasteiger partial charge in [-0.1, -0.05) is 18.6 Å². The normalized spacial score (nSPS) is 20.9. The summed E-state index contributed by atoms with van der Waals surface area (Å²) in [6, 6.07) is 20.2. The molecule has 5 aliphatic rings. The number of likely N-dealkylation sites (tertiary alicyclic amines) is 2. The summed E-state index contributed by atoms with van der Waals surface area (Å²) in [5.74, 6) is -0.222. The van der Waals surface area contributed by atoms with E-state index in [0.717, 1.165) is 74.4 Å². The number of carbonyl (C=O) groups excluding carboxylic acids is 3. The van der Waals surface area contributed by atoms with Crippen molar-refractivity contribution in [2.45, 2.75) is 128 Å². The minimum absolute atomic E-state index is 0.00325. The molecule has 0 bridgehead atoms. The third-order valence-corrected chi connectivity index (χ3v) is 15.7. The van der Waals surface area contributed by atoms with Crippen LogP contribution in [0.5, 0.6) is 0 Å². The summed E-state index contributed by atoms with van der Waals surface area (Å²) in [5, 5.41) is 9.66. The van der Waals surface area contributed by atoms with Crippen molar-refractivity contribution >= 4 is 51.6 Å². The fraction of sp³-hybridized carbons (Fsp3) is 0.500. The average Bonchev–Trinajstić information content (AvgIpc) is 3.86. The molecule has 3 saturated heterocycles. The van der Waals surface area contributed by atoms with Crippen LogP contribution in [0.1, 0.15) is 123 Å². The molecule has 2 aromatic heterocycles. The van der Waals surface area contributed by atoms with Crippen molar-refractivity contribution in [2.24, 2.45) is 0 Å². The van der Waals surface area contributed by atoms with Gasteiger partial charge in [-0.25, -0.2) is 14.4 Å². The van der Waals surface area contributed by atoms with Gasteiger partial charge in [0.05, 0.1) is 28.6 Å². The molecule has 4 fully saturated rings. The molecular weight excluding hydrogens is 856 g/mol. The second kappa shape index (κ2) is 18.6. The van der Waals surface area contributed by atoms with E-state index in [-0.39, 0.29) is 41.5 Å². The fourth-order valence-electron chi connectivity index (χ4n) is 11.6. The van der Waals surface area contributed by atoms with Gasteiger partial charge < -0.3 is 40.1 Å². The molecule has 4 aliphatic heterocycles. The smallest absolute Gasteiger partial charge is 0.253 e. The monoisotopic (exact) mass is 923 g/mol. The van der Waals surface area contributed by atoms with Gasteiger partial charge >= 0.3 is 0 Å². The number of nitrogens with one attached hydrogen (secondary N) is 3. The lowest BCUT2D eigenvalue weighted by Gasteiger charge is -2.48. The first-order valence-electron chi connectivity index (χ1n) is 25.1. The van der Waals surface area contributed by atoms with E-state index in [0.29, 0.717) is 77.3 Å². The molecule has 10 rings (SSSR count). The number of anilines is 4. The summed E-state index contributed by atoms with van der Waals surface area (Å²) in [6.45, 7) is 14.9. The van der Waals surface area contributed by atoms with Crippen LogP contribution in [-0.4, -0.2) is 113 Å². The van der Waals surface area contributed by atoms with Crippen molar-refractivity contribution in [3.8, 4) is 11.3 Å². The van der Waals surface area contributed by atoms with Gasteiger partial charge in [0, 0.05) is 78.4 Å². The number of amides is 3. The Balaban J connectivity index is 0.963. The van der Waals surface area contributed by atoms with Crippen LogP contribution in [0.4, 0.5) is 27.3 Å². The minimum Gasteiger partial charge on any atom is -0.372 e. The lowest BCUT2D eigenvalue weighted by molar-refractivity contribution is -0.125. The van der Waals surface area contributed by atoms with E-state index in [4.69, 9.17) is 9.97 Å². The highest BCUT2D eigenvalue weighted by Crippen LogP contribution is 2.52. The summed E-state index contributed by atoms with van der Waals surface area (Å²) in [5.41, 5.74) is 6.87. The number of hydrogen-bond donors (Lipinski definition) is 3. The molecule has 3 amide bonds. The Morgan fingerprint density at radius 3 is 2.31 bits per heavy atom. The molecule has 6 heterocycles. The first-order valence-corrected chi connectivity index (χ1v) is 25.1. The summed E-state index contributed by atoms with van der Waals surface area (Å²) in [6.07, 6.45) is 10.7. The first-order chi connectivity index (χ1) is 32.8. The lowest BCUT2D eigenvalue weighted by Crippen LogP contribution is -2.58. The Morgan fingerprint density at radius 1 is 0.897 bits per heavy atom. The molecule has 5 aromatic rings. The van der Waals surface area contributed by atoms with Crippen molar-refractivity contribution in [1.29, 1.82) is 0 Å². The van der Waals surface area contributed by atoms with Gasteiger partial charge in [0.2, 0.25) is 5.91 Å². The van der Waals surface area contributed by atoms with Crippen LogP contribution in [0.3, 0.4) is 0 Å². The van der Waals surface area contributed by atoms with Gasteiger partial charge in [-0.2, -0.15) is 0 Å². The zero-order chi connectivity index (χ0) is 47.4. The van der Waals surface area contributed by atoms with Crippen LogP contribution in [0.2, 0.25) is 0 Å². The molecule has 14 heteroatoms. The maximum Gasteiger partial charge on any atom is 0.253 e. The topological polar surface area (TPSA) is 131 Å². The number of imidazole rings is 1. The third-order valence-electron chi connectivity index (χ3n) is 15.7. The number of fused-ring (bicyclic) bond motifs is 3. The number of hydrogen-bond acceptors (Lipinski definition) is 9. The van der Waals surface area contributed by atoms with Crippen LogP contribution in [0, 0.1) is 12.7 Å². The van der Waals surface area contributed by atoms with E-state index in [2.05, 4.69) is 75.8 Å². The first kappa shape index (κ1) is 45.9. The van der Waals surface area contributed by atoms with Crippen LogP contribution in [0.25, 0.3) is 22.3 Å². The molecule has 0 radical (unpaired) electrons. The Hall–Kier alpha value is -5.86. The number of piperidine rings is 3. The highest BCUT2D eigenvalue weighted by atomic mass is 19.1. The van der Waals surface area contributed by atoms with E-state index in [1.165, 1.54) is 25.3 Å². The van der Waals surface area contributed by atoms with Gasteiger partial charge in [-0.3, -0.25) is 14.4 Å². The Kier molecular flexibility index (Phi) is 12.5. The van der Waals surface area contributed by atoms with Crippen LogP contribution >= 0.6 is 0 Å². The molecule has 1 saturated carbocycles.